The topological polar surface area (TPSA) is 104 Å². The van der Waals surface area contributed by atoms with Crippen LogP contribution in [0, 0.1) is 0 Å². The van der Waals surface area contributed by atoms with E-state index in [1.165, 1.54) is 12.5 Å². The molecule has 1 aromatic heterocycles. The van der Waals surface area contributed by atoms with E-state index in [-0.39, 0.29) is 24.1 Å². The quantitative estimate of drug-likeness (QED) is 0.678. The summed E-state index contributed by atoms with van der Waals surface area (Å²) >= 11 is 0. The van der Waals surface area contributed by atoms with E-state index in [9.17, 15) is 9.59 Å². The maximum absolute atomic E-state index is 11.7. The number of amides is 1. The van der Waals surface area contributed by atoms with E-state index < -0.39 is 12.0 Å². The van der Waals surface area contributed by atoms with Gasteiger partial charge in [0.1, 0.15) is 11.9 Å². The van der Waals surface area contributed by atoms with Crippen LogP contribution in [0.4, 0.5) is 0 Å². The number of aromatic nitrogens is 2. The van der Waals surface area contributed by atoms with Gasteiger partial charge < -0.3 is 15.7 Å². The molecule has 0 aliphatic heterocycles. The highest BCUT2D eigenvalue weighted by molar-refractivity contribution is 5.88. The second-order valence-corrected chi connectivity index (χ2v) is 4.45. The lowest BCUT2D eigenvalue weighted by Crippen LogP contribution is -2.44. The minimum atomic E-state index is -1.09. The molecule has 0 saturated carbocycles. The van der Waals surface area contributed by atoms with Crippen LogP contribution in [0.25, 0.3) is 0 Å². The number of carboxylic acids is 1. The first-order valence-electron chi connectivity index (χ1n) is 5.97. The molecule has 1 rings (SSSR count). The van der Waals surface area contributed by atoms with Gasteiger partial charge >= 0.3 is 5.97 Å². The Hall–Kier alpha value is -2.02. The van der Waals surface area contributed by atoms with Crippen LogP contribution in [0.3, 0.4) is 0 Å². The number of carbonyl (C=O) groups excluding carboxylic acids is 1. The monoisotopic (exact) mass is 266 g/mol. The Kier molecular flexibility index (Phi) is 5.37. The first-order chi connectivity index (χ1) is 8.91. The van der Waals surface area contributed by atoms with Crippen LogP contribution >= 0.6 is 0 Å². The zero-order valence-corrected chi connectivity index (χ0v) is 11.2. The minimum Gasteiger partial charge on any atom is -0.478 e. The van der Waals surface area contributed by atoms with Gasteiger partial charge in [0.25, 0.3) is 0 Å². The standard InChI is InChI=1S/C12H18N4O3/c1-7(2)16-11(17)8(3)14-5-10-9(12(18)19)4-13-6-15-10/h4,6-8,14H,5H2,1-3H3,(H,16,17)(H,18,19). The van der Waals surface area contributed by atoms with Crippen molar-refractivity contribution in [3.05, 3.63) is 23.8 Å². The van der Waals surface area contributed by atoms with Crippen LogP contribution < -0.4 is 10.6 Å². The number of rotatable bonds is 6. The van der Waals surface area contributed by atoms with Crippen molar-refractivity contribution in [3.63, 3.8) is 0 Å². The summed E-state index contributed by atoms with van der Waals surface area (Å²) < 4.78 is 0. The second-order valence-electron chi connectivity index (χ2n) is 4.45. The van der Waals surface area contributed by atoms with Crippen molar-refractivity contribution in [1.29, 1.82) is 0 Å². The molecule has 1 heterocycles. The first kappa shape index (κ1) is 15.0. The normalized spacial score (nSPS) is 12.2. The Balaban J connectivity index is 2.62. The van der Waals surface area contributed by atoms with Gasteiger partial charge in [-0.05, 0) is 20.8 Å². The lowest BCUT2D eigenvalue weighted by molar-refractivity contribution is -0.123. The van der Waals surface area contributed by atoms with Crippen LogP contribution in [0.1, 0.15) is 36.8 Å². The van der Waals surface area contributed by atoms with Crippen molar-refractivity contribution < 1.29 is 14.7 Å². The fraction of sp³-hybridized carbons (Fsp3) is 0.500. The van der Waals surface area contributed by atoms with E-state index in [4.69, 9.17) is 5.11 Å². The van der Waals surface area contributed by atoms with Crippen LogP contribution in [0.5, 0.6) is 0 Å². The third kappa shape index (κ3) is 4.63. The first-order valence-corrected chi connectivity index (χ1v) is 5.97. The van der Waals surface area contributed by atoms with Gasteiger partial charge in [-0.25, -0.2) is 14.8 Å². The van der Waals surface area contributed by atoms with Gasteiger partial charge in [-0.15, -0.1) is 0 Å². The largest absolute Gasteiger partial charge is 0.478 e. The Labute approximate surface area is 111 Å². The van der Waals surface area contributed by atoms with E-state index in [0.717, 1.165) is 0 Å². The third-order valence-electron chi connectivity index (χ3n) is 2.43. The second kappa shape index (κ2) is 6.79. The highest BCUT2D eigenvalue weighted by atomic mass is 16.4. The molecule has 0 fully saturated rings. The fourth-order valence-electron chi connectivity index (χ4n) is 1.43. The zero-order valence-electron chi connectivity index (χ0n) is 11.2. The highest BCUT2D eigenvalue weighted by Crippen LogP contribution is 2.03. The van der Waals surface area contributed by atoms with Gasteiger partial charge in [-0.2, -0.15) is 0 Å². The van der Waals surface area contributed by atoms with E-state index in [0.29, 0.717) is 5.69 Å². The van der Waals surface area contributed by atoms with Crippen LogP contribution in [-0.4, -0.2) is 39.0 Å². The lowest BCUT2D eigenvalue weighted by Gasteiger charge is -2.16. The van der Waals surface area contributed by atoms with Crippen molar-refractivity contribution in [2.24, 2.45) is 0 Å². The number of hydrogen-bond acceptors (Lipinski definition) is 5. The van der Waals surface area contributed by atoms with Crippen molar-refractivity contribution in [2.45, 2.75) is 39.4 Å². The van der Waals surface area contributed by atoms with E-state index in [1.807, 2.05) is 13.8 Å². The Morgan fingerprint density at radius 1 is 1.37 bits per heavy atom. The number of hydrogen-bond donors (Lipinski definition) is 3. The minimum absolute atomic E-state index is 0.0338. The van der Waals surface area contributed by atoms with E-state index >= 15 is 0 Å². The van der Waals surface area contributed by atoms with Gasteiger partial charge in [0.05, 0.1) is 11.7 Å². The number of aromatic carboxylic acids is 1. The Bertz CT molecular complexity index is 462. The maximum Gasteiger partial charge on any atom is 0.339 e. The molecule has 3 N–H and O–H groups in total. The molecule has 0 aliphatic rings. The lowest BCUT2D eigenvalue weighted by atomic mass is 10.2. The maximum atomic E-state index is 11.7. The van der Waals surface area contributed by atoms with Crippen molar-refractivity contribution in [3.8, 4) is 0 Å². The van der Waals surface area contributed by atoms with E-state index in [2.05, 4.69) is 20.6 Å². The molecule has 7 nitrogen and oxygen atoms in total. The average molecular weight is 266 g/mol. The van der Waals surface area contributed by atoms with Gasteiger partial charge in [-0.1, -0.05) is 0 Å². The molecule has 0 spiro atoms. The Morgan fingerprint density at radius 2 is 2.05 bits per heavy atom. The average Bonchev–Trinajstić information content (AvgIpc) is 2.35. The number of nitrogens with zero attached hydrogens (tertiary/aromatic N) is 2. The van der Waals surface area contributed by atoms with Crippen LogP contribution in [0.15, 0.2) is 12.5 Å². The molecule has 0 aliphatic carbocycles. The van der Waals surface area contributed by atoms with Crippen molar-refractivity contribution in [2.75, 3.05) is 0 Å². The summed E-state index contributed by atoms with van der Waals surface area (Å²) in [7, 11) is 0. The summed E-state index contributed by atoms with van der Waals surface area (Å²) in [6, 6.07) is -0.371. The highest BCUT2D eigenvalue weighted by Gasteiger charge is 2.16. The molecule has 1 amide bonds. The molecule has 104 valence electrons. The van der Waals surface area contributed by atoms with Crippen molar-refractivity contribution >= 4 is 11.9 Å². The number of nitrogens with one attached hydrogen (secondary N) is 2. The molecular weight excluding hydrogens is 248 g/mol. The molecule has 7 heteroatoms. The SMILES string of the molecule is CC(C)NC(=O)C(C)NCc1ncncc1C(=O)O. The summed E-state index contributed by atoms with van der Waals surface area (Å²) in [5, 5.41) is 14.7. The van der Waals surface area contributed by atoms with Gasteiger partial charge in [0.15, 0.2) is 0 Å². The Morgan fingerprint density at radius 3 is 2.63 bits per heavy atom. The summed E-state index contributed by atoms with van der Waals surface area (Å²) in [5.74, 6) is -1.22. The van der Waals surface area contributed by atoms with Crippen LogP contribution in [-0.2, 0) is 11.3 Å². The molecule has 0 saturated heterocycles. The predicted molar refractivity (Wildman–Crippen MR) is 68.6 cm³/mol. The van der Waals surface area contributed by atoms with Crippen molar-refractivity contribution in [1.82, 2.24) is 20.6 Å². The summed E-state index contributed by atoms with van der Waals surface area (Å²) in [6.07, 6.45) is 2.52. The zero-order chi connectivity index (χ0) is 14.4. The molecule has 0 aromatic carbocycles. The summed E-state index contributed by atoms with van der Waals surface area (Å²) in [6.45, 7) is 5.64. The number of carboxylic acid groups (broad SMARTS) is 1. The molecule has 1 atom stereocenters. The number of carbonyl (C=O) groups is 2. The molecule has 1 unspecified atom stereocenters. The molecular formula is C12H18N4O3. The van der Waals surface area contributed by atoms with E-state index in [1.54, 1.807) is 6.92 Å². The molecule has 0 radical (unpaired) electrons. The van der Waals surface area contributed by atoms with Crippen LogP contribution in [0.2, 0.25) is 0 Å². The van der Waals surface area contributed by atoms with Gasteiger partial charge in [0, 0.05) is 18.8 Å². The molecule has 1 aromatic rings. The van der Waals surface area contributed by atoms with Gasteiger partial charge in [0.2, 0.25) is 5.91 Å². The fourth-order valence-corrected chi connectivity index (χ4v) is 1.43. The summed E-state index contributed by atoms with van der Waals surface area (Å²) in [4.78, 5) is 30.2. The molecule has 0 bridgehead atoms. The third-order valence-corrected chi connectivity index (χ3v) is 2.43. The molecule has 19 heavy (non-hydrogen) atoms. The smallest absolute Gasteiger partial charge is 0.339 e. The summed E-state index contributed by atoms with van der Waals surface area (Å²) in [5.41, 5.74) is 0.387. The predicted octanol–water partition coefficient (Wildman–Crippen LogP) is 0.178. The van der Waals surface area contributed by atoms with Gasteiger partial charge in [-0.3, -0.25) is 4.79 Å².